The molecule has 0 aliphatic carbocycles. The van der Waals surface area contributed by atoms with E-state index in [1.54, 1.807) is 0 Å². The van der Waals surface area contributed by atoms with Gasteiger partial charge in [0.15, 0.2) is 0 Å². The monoisotopic (exact) mass is 236 g/mol. The number of rotatable bonds is 4. The van der Waals surface area contributed by atoms with E-state index < -0.39 is 16.3 Å². The molecule has 2 unspecified atom stereocenters. The molecule has 1 rings (SSSR count). The van der Waals surface area contributed by atoms with E-state index >= 15 is 0 Å². The van der Waals surface area contributed by atoms with Gasteiger partial charge in [-0.15, -0.1) is 0 Å². The van der Waals surface area contributed by atoms with Gasteiger partial charge in [0.1, 0.15) is 0 Å². The Kier molecular flexibility index (Phi) is 4.51. The Morgan fingerprint density at radius 2 is 2.20 bits per heavy atom. The van der Waals surface area contributed by atoms with Gasteiger partial charge in [0.25, 0.3) is 10.2 Å². The zero-order valence-electron chi connectivity index (χ0n) is 9.31. The van der Waals surface area contributed by atoms with Gasteiger partial charge in [0, 0.05) is 19.6 Å². The summed E-state index contributed by atoms with van der Waals surface area (Å²) in [5, 5.41) is 9.60. The second-order valence-electron chi connectivity index (χ2n) is 4.09. The van der Waals surface area contributed by atoms with Crippen LogP contribution in [-0.2, 0) is 10.2 Å². The summed E-state index contributed by atoms with van der Waals surface area (Å²) in [6.07, 6.45) is 0.942. The first-order chi connectivity index (χ1) is 6.97. The van der Waals surface area contributed by atoms with Crippen molar-refractivity contribution in [2.75, 3.05) is 19.6 Å². The highest BCUT2D eigenvalue weighted by atomic mass is 32.2. The number of β-amino-alcohol motifs (C(OH)–C–C–N with tert-alkyl or cyclic N) is 1. The molecule has 2 N–H and O–H groups in total. The number of hydrogen-bond acceptors (Lipinski definition) is 3. The number of aliphatic hydroxyl groups is 1. The molecule has 5 nitrogen and oxygen atoms in total. The molecule has 0 aromatic heterocycles. The van der Waals surface area contributed by atoms with Gasteiger partial charge in [-0.05, 0) is 18.8 Å². The minimum absolute atomic E-state index is 0.183. The second kappa shape index (κ2) is 5.25. The SMILES string of the molecule is CCCNS(=O)(=O)N1CCC(C)C(O)C1. The lowest BCUT2D eigenvalue weighted by molar-refractivity contribution is 0.0600. The molecule has 1 aliphatic rings. The van der Waals surface area contributed by atoms with Crippen LogP contribution in [0.1, 0.15) is 26.7 Å². The van der Waals surface area contributed by atoms with E-state index in [0.29, 0.717) is 19.5 Å². The minimum Gasteiger partial charge on any atom is -0.391 e. The lowest BCUT2D eigenvalue weighted by atomic mass is 9.98. The van der Waals surface area contributed by atoms with Crippen molar-refractivity contribution in [2.24, 2.45) is 5.92 Å². The topological polar surface area (TPSA) is 69.6 Å². The summed E-state index contributed by atoms with van der Waals surface area (Å²) in [6.45, 7) is 5.01. The Hall–Kier alpha value is -0.170. The Morgan fingerprint density at radius 3 is 2.73 bits per heavy atom. The molecular weight excluding hydrogens is 216 g/mol. The van der Waals surface area contributed by atoms with E-state index in [1.807, 2.05) is 13.8 Å². The summed E-state index contributed by atoms with van der Waals surface area (Å²) in [4.78, 5) is 0. The van der Waals surface area contributed by atoms with Crippen molar-refractivity contribution >= 4 is 10.2 Å². The van der Waals surface area contributed by atoms with Crippen LogP contribution in [-0.4, -0.2) is 43.6 Å². The molecule has 0 aromatic carbocycles. The Balaban J connectivity index is 2.57. The Bertz CT molecular complexity index is 292. The predicted octanol–water partition coefficient (Wildman–Crippen LogP) is -0.0665. The van der Waals surface area contributed by atoms with Gasteiger partial charge in [0.05, 0.1) is 6.10 Å². The summed E-state index contributed by atoms with van der Waals surface area (Å²) < 4.78 is 27.2. The molecule has 6 heteroatoms. The molecule has 0 aromatic rings. The summed E-state index contributed by atoms with van der Waals surface area (Å²) in [5.74, 6) is 0.183. The van der Waals surface area contributed by atoms with Crippen molar-refractivity contribution < 1.29 is 13.5 Å². The molecule has 0 radical (unpaired) electrons. The third kappa shape index (κ3) is 3.41. The lowest BCUT2D eigenvalue weighted by Gasteiger charge is -2.33. The fraction of sp³-hybridized carbons (Fsp3) is 1.00. The first-order valence-corrected chi connectivity index (χ1v) is 6.84. The summed E-state index contributed by atoms with van der Waals surface area (Å²) in [7, 11) is -3.38. The lowest BCUT2D eigenvalue weighted by Crippen LogP contribution is -2.50. The van der Waals surface area contributed by atoms with Gasteiger partial charge >= 0.3 is 0 Å². The maximum absolute atomic E-state index is 11.7. The standard InChI is InChI=1S/C9H20N2O3S/c1-3-5-10-15(13,14)11-6-4-8(2)9(12)7-11/h8-10,12H,3-7H2,1-2H3. The maximum Gasteiger partial charge on any atom is 0.279 e. The van der Waals surface area contributed by atoms with Crippen molar-refractivity contribution in [3.8, 4) is 0 Å². The van der Waals surface area contributed by atoms with E-state index in [0.717, 1.165) is 6.42 Å². The third-order valence-corrected chi connectivity index (χ3v) is 4.34. The summed E-state index contributed by atoms with van der Waals surface area (Å²) >= 11 is 0. The van der Waals surface area contributed by atoms with Crippen molar-refractivity contribution in [1.82, 2.24) is 9.03 Å². The summed E-state index contributed by atoms with van der Waals surface area (Å²) in [6, 6.07) is 0. The molecule has 90 valence electrons. The maximum atomic E-state index is 11.7. The quantitative estimate of drug-likeness (QED) is 0.718. The van der Waals surface area contributed by atoms with Gasteiger partial charge < -0.3 is 5.11 Å². The minimum atomic E-state index is -3.38. The average Bonchev–Trinajstić information content (AvgIpc) is 2.19. The molecule has 0 amide bonds. The Morgan fingerprint density at radius 1 is 1.53 bits per heavy atom. The zero-order chi connectivity index (χ0) is 11.5. The van der Waals surface area contributed by atoms with Crippen molar-refractivity contribution in [2.45, 2.75) is 32.8 Å². The predicted molar refractivity (Wildman–Crippen MR) is 58.6 cm³/mol. The van der Waals surface area contributed by atoms with Crippen LogP contribution in [0.2, 0.25) is 0 Å². The van der Waals surface area contributed by atoms with Crippen molar-refractivity contribution in [3.63, 3.8) is 0 Å². The number of nitrogens with zero attached hydrogens (tertiary/aromatic N) is 1. The van der Waals surface area contributed by atoms with E-state index in [4.69, 9.17) is 0 Å². The van der Waals surface area contributed by atoms with Crippen LogP contribution in [0, 0.1) is 5.92 Å². The smallest absolute Gasteiger partial charge is 0.279 e. The molecule has 2 atom stereocenters. The third-order valence-electron chi connectivity index (χ3n) is 2.76. The molecule has 0 saturated carbocycles. The van der Waals surface area contributed by atoms with E-state index in [-0.39, 0.29) is 12.5 Å². The highest BCUT2D eigenvalue weighted by molar-refractivity contribution is 7.87. The first-order valence-electron chi connectivity index (χ1n) is 5.40. The van der Waals surface area contributed by atoms with Crippen LogP contribution in [0.4, 0.5) is 0 Å². The fourth-order valence-corrected chi connectivity index (χ4v) is 2.90. The van der Waals surface area contributed by atoms with E-state index in [1.165, 1.54) is 4.31 Å². The van der Waals surface area contributed by atoms with Gasteiger partial charge in [0.2, 0.25) is 0 Å². The largest absolute Gasteiger partial charge is 0.391 e. The molecule has 15 heavy (non-hydrogen) atoms. The van der Waals surface area contributed by atoms with E-state index in [2.05, 4.69) is 4.72 Å². The van der Waals surface area contributed by atoms with Crippen LogP contribution < -0.4 is 4.72 Å². The molecule has 1 saturated heterocycles. The molecular formula is C9H20N2O3S. The normalized spacial score (nSPS) is 29.3. The van der Waals surface area contributed by atoms with Gasteiger partial charge in [-0.3, -0.25) is 0 Å². The van der Waals surface area contributed by atoms with Crippen LogP contribution >= 0.6 is 0 Å². The van der Waals surface area contributed by atoms with Crippen LogP contribution in [0.25, 0.3) is 0 Å². The fourth-order valence-electron chi connectivity index (χ4n) is 1.56. The molecule has 1 fully saturated rings. The van der Waals surface area contributed by atoms with Crippen LogP contribution in [0.15, 0.2) is 0 Å². The first kappa shape index (κ1) is 12.9. The molecule has 1 heterocycles. The zero-order valence-corrected chi connectivity index (χ0v) is 10.1. The molecule has 0 spiro atoms. The molecule has 0 bridgehead atoms. The number of piperidine rings is 1. The van der Waals surface area contributed by atoms with Crippen LogP contribution in [0.5, 0.6) is 0 Å². The number of nitrogens with one attached hydrogen (secondary N) is 1. The van der Waals surface area contributed by atoms with Gasteiger partial charge in [-0.25, -0.2) is 4.72 Å². The average molecular weight is 236 g/mol. The highest BCUT2D eigenvalue weighted by Gasteiger charge is 2.31. The van der Waals surface area contributed by atoms with E-state index in [9.17, 15) is 13.5 Å². The van der Waals surface area contributed by atoms with Gasteiger partial charge in [-0.1, -0.05) is 13.8 Å². The number of hydrogen-bond donors (Lipinski definition) is 2. The van der Waals surface area contributed by atoms with Gasteiger partial charge in [-0.2, -0.15) is 12.7 Å². The van der Waals surface area contributed by atoms with Crippen LogP contribution in [0.3, 0.4) is 0 Å². The van der Waals surface area contributed by atoms with Crippen molar-refractivity contribution in [3.05, 3.63) is 0 Å². The highest BCUT2D eigenvalue weighted by Crippen LogP contribution is 2.18. The van der Waals surface area contributed by atoms with Crippen molar-refractivity contribution in [1.29, 1.82) is 0 Å². The molecule has 1 aliphatic heterocycles. The number of aliphatic hydroxyl groups excluding tert-OH is 1. The Labute approximate surface area is 91.7 Å². The summed E-state index contributed by atoms with van der Waals surface area (Å²) in [5.41, 5.74) is 0. The second-order valence-corrected chi connectivity index (χ2v) is 5.85.